The number of carbonyl (C=O) groups is 1. The van der Waals surface area contributed by atoms with E-state index in [1.54, 1.807) is 0 Å². The molecule has 1 amide bonds. The number of rotatable bonds is 3. The van der Waals surface area contributed by atoms with Crippen LogP contribution < -0.4 is 67.0 Å². The third kappa shape index (κ3) is 7.38. The van der Waals surface area contributed by atoms with E-state index < -0.39 is 5.91 Å². The molecular formula is C7H7KN4O2S2. The van der Waals surface area contributed by atoms with Gasteiger partial charge in [-0.05, 0) is 4.32 Å². The molecule has 6 nitrogen and oxygen atoms in total. The number of ether oxygens (including phenoxy) is 1. The van der Waals surface area contributed by atoms with E-state index in [-0.39, 0.29) is 68.2 Å². The fraction of sp³-hybridized carbons (Fsp3) is 0.143. The van der Waals surface area contributed by atoms with Crippen LogP contribution in [0.2, 0.25) is 0 Å². The van der Waals surface area contributed by atoms with E-state index in [4.69, 9.17) is 4.74 Å². The van der Waals surface area contributed by atoms with Gasteiger partial charge in [-0.3, -0.25) is 15.2 Å². The largest absolute Gasteiger partial charge is 1.00 e. The molecule has 1 rings (SSSR count). The molecule has 0 spiro atoms. The fourth-order valence-electron chi connectivity index (χ4n) is 0.656. The van der Waals surface area contributed by atoms with Gasteiger partial charge in [-0.15, -0.1) is 0 Å². The van der Waals surface area contributed by atoms with Gasteiger partial charge in [0.15, 0.2) is 6.61 Å². The third-order valence-electron chi connectivity index (χ3n) is 1.19. The zero-order chi connectivity index (χ0) is 11.1. The summed E-state index contributed by atoms with van der Waals surface area (Å²) in [5.41, 5.74) is 4.56. The van der Waals surface area contributed by atoms with E-state index >= 15 is 0 Å². The van der Waals surface area contributed by atoms with Gasteiger partial charge in [0.25, 0.3) is 5.91 Å². The average molecular weight is 282 g/mol. The van der Waals surface area contributed by atoms with Crippen molar-refractivity contribution in [1.29, 1.82) is 0 Å². The predicted molar refractivity (Wildman–Crippen MR) is 58.8 cm³/mol. The van der Waals surface area contributed by atoms with E-state index in [0.717, 1.165) is 0 Å². The van der Waals surface area contributed by atoms with Gasteiger partial charge in [-0.25, -0.2) is 4.98 Å². The summed E-state index contributed by atoms with van der Waals surface area (Å²) in [4.78, 5) is 18.6. The topological polar surface area (TPSA) is 76.1 Å². The molecule has 0 atom stereocenters. The minimum absolute atomic E-state index is 0. The Kier molecular flexibility index (Phi) is 9.22. The first kappa shape index (κ1) is 16.1. The van der Waals surface area contributed by atoms with Crippen LogP contribution in [0.3, 0.4) is 0 Å². The monoisotopic (exact) mass is 282 g/mol. The molecule has 0 unspecified atom stereocenters. The molecule has 2 N–H and O–H groups in total. The van der Waals surface area contributed by atoms with E-state index in [1.165, 1.54) is 18.6 Å². The summed E-state index contributed by atoms with van der Waals surface area (Å²) in [6, 6.07) is 0. The van der Waals surface area contributed by atoms with Crippen LogP contribution in [0, 0.1) is 0 Å². The Morgan fingerprint density at radius 1 is 1.50 bits per heavy atom. The molecule has 0 saturated heterocycles. The maximum atomic E-state index is 11.1. The maximum Gasteiger partial charge on any atom is 1.00 e. The number of thiocarbonyl (C=S) groups is 1. The number of nitrogens with zero attached hydrogens (tertiary/aromatic N) is 2. The van der Waals surface area contributed by atoms with E-state index in [9.17, 15) is 4.79 Å². The molecule has 0 aliphatic heterocycles. The summed E-state index contributed by atoms with van der Waals surface area (Å²) in [6.45, 7) is -0.191. The maximum absolute atomic E-state index is 11.1. The average Bonchev–Trinajstić information content (AvgIpc) is 2.25. The van der Waals surface area contributed by atoms with E-state index in [2.05, 4.69) is 45.7 Å². The Bertz CT molecular complexity index is 351. The molecule has 9 heteroatoms. The van der Waals surface area contributed by atoms with E-state index in [0.29, 0.717) is 0 Å². The minimum atomic E-state index is -0.409. The molecular weight excluding hydrogens is 275 g/mol. The second-order valence-electron chi connectivity index (χ2n) is 2.29. The van der Waals surface area contributed by atoms with Gasteiger partial charge in [0.2, 0.25) is 5.88 Å². The minimum Gasteiger partial charge on any atom is -0.466 e. The zero-order valence-electron chi connectivity index (χ0n) is 8.47. The molecule has 0 aliphatic rings. The third-order valence-corrected chi connectivity index (χ3v) is 1.40. The number of carbonyl (C=O) groups excluding carboxylic acids is 1. The van der Waals surface area contributed by atoms with Crippen LogP contribution in [0.4, 0.5) is 0 Å². The van der Waals surface area contributed by atoms with Crippen molar-refractivity contribution in [3.8, 4) is 5.88 Å². The molecule has 0 fully saturated rings. The molecule has 1 aromatic rings. The molecule has 1 aromatic heterocycles. The number of hydrazine groups is 1. The van der Waals surface area contributed by atoms with Crippen molar-refractivity contribution in [2.45, 2.75) is 0 Å². The van der Waals surface area contributed by atoms with E-state index in [1.807, 2.05) is 0 Å². The smallest absolute Gasteiger partial charge is 0.466 e. The molecule has 0 saturated carbocycles. The number of amides is 1. The van der Waals surface area contributed by atoms with Crippen molar-refractivity contribution in [3.05, 3.63) is 18.6 Å². The van der Waals surface area contributed by atoms with Crippen LogP contribution in [0.5, 0.6) is 5.88 Å². The van der Waals surface area contributed by atoms with Gasteiger partial charge in [0.05, 0.1) is 6.20 Å². The summed E-state index contributed by atoms with van der Waals surface area (Å²) in [6.07, 6.45) is 4.37. The molecule has 0 radical (unpaired) electrons. The van der Waals surface area contributed by atoms with Crippen molar-refractivity contribution in [2.75, 3.05) is 6.61 Å². The Morgan fingerprint density at radius 3 is 2.81 bits per heavy atom. The second kappa shape index (κ2) is 9.16. The summed E-state index contributed by atoms with van der Waals surface area (Å²) >= 11 is 9.03. The normalized spacial score (nSPS) is 8.50. The molecule has 1 heterocycles. The van der Waals surface area contributed by atoms with Gasteiger partial charge >= 0.3 is 51.4 Å². The molecule has 0 aromatic carbocycles. The number of hydrogen-bond acceptors (Lipinski definition) is 6. The predicted octanol–water partition coefficient (Wildman–Crippen LogP) is -3.69. The van der Waals surface area contributed by atoms with Crippen LogP contribution in [0.15, 0.2) is 18.6 Å². The first-order chi connectivity index (χ1) is 7.18. The van der Waals surface area contributed by atoms with Crippen molar-refractivity contribution >= 4 is 35.1 Å². The molecule has 16 heavy (non-hydrogen) atoms. The standard InChI is InChI=1S/C7H8N4O2S2.K/c12-5(10-11-7(14)15)4-13-6-3-8-1-2-9-6;/h1-3H,4H2,(H,10,12)(H2,11,14,15);/q;+1/p-1. The van der Waals surface area contributed by atoms with Gasteiger partial charge in [0.1, 0.15) is 0 Å². The van der Waals surface area contributed by atoms with Gasteiger partial charge in [0, 0.05) is 12.4 Å². The Balaban J connectivity index is 0.00000225. The van der Waals surface area contributed by atoms with Crippen LogP contribution in [0.25, 0.3) is 0 Å². The van der Waals surface area contributed by atoms with Gasteiger partial charge in [-0.2, -0.15) is 0 Å². The summed E-state index contributed by atoms with van der Waals surface area (Å²) < 4.78 is 5.06. The molecule has 0 aliphatic carbocycles. The number of nitrogens with one attached hydrogen (secondary N) is 2. The van der Waals surface area contributed by atoms with Crippen LogP contribution in [-0.2, 0) is 17.4 Å². The van der Waals surface area contributed by atoms with Crippen LogP contribution in [-0.4, -0.2) is 26.8 Å². The summed E-state index contributed by atoms with van der Waals surface area (Å²) in [5.74, 6) is -0.138. The van der Waals surface area contributed by atoms with Crippen molar-refractivity contribution in [1.82, 2.24) is 20.8 Å². The van der Waals surface area contributed by atoms with Crippen molar-refractivity contribution in [3.63, 3.8) is 0 Å². The SMILES string of the molecule is O=C(COc1cnccn1)NNC(=S)[S-].[K+]. The Labute approximate surface area is 146 Å². The van der Waals surface area contributed by atoms with Gasteiger partial charge in [-0.1, -0.05) is 0 Å². The summed E-state index contributed by atoms with van der Waals surface area (Å²) in [7, 11) is 0. The fourth-order valence-corrected chi connectivity index (χ4v) is 0.758. The van der Waals surface area contributed by atoms with Crippen LogP contribution in [0.1, 0.15) is 0 Å². The number of aromatic nitrogens is 2. The molecule has 80 valence electrons. The molecule has 0 bridgehead atoms. The second-order valence-corrected chi connectivity index (χ2v) is 3.37. The van der Waals surface area contributed by atoms with Crippen molar-refractivity contribution in [2.24, 2.45) is 0 Å². The quantitative estimate of drug-likeness (QED) is 0.256. The Morgan fingerprint density at radius 2 is 2.25 bits per heavy atom. The first-order valence-corrected chi connectivity index (χ1v) is 4.65. The summed E-state index contributed by atoms with van der Waals surface area (Å²) in [5, 5.41) is 0. The van der Waals surface area contributed by atoms with Crippen LogP contribution >= 0.6 is 12.2 Å². The zero-order valence-corrected chi connectivity index (χ0v) is 13.2. The number of hydrogen-bond donors (Lipinski definition) is 2. The Hall–Kier alpha value is 0.0964. The first-order valence-electron chi connectivity index (χ1n) is 3.83. The van der Waals surface area contributed by atoms with Gasteiger partial charge < -0.3 is 35.0 Å². The van der Waals surface area contributed by atoms with Crippen molar-refractivity contribution < 1.29 is 60.9 Å².